The van der Waals surface area contributed by atoms with Crippen LogP contribution in [0.15, 0.2) is 52.7 Å². The second-order valence-electron chi connectivity index (χ2n) is 6.86. The summed E-state index contributed by atoms with van der Waals surface area (Å²) in [6.45, 7) is 0.952. The minimum atomic E-state index is -3.60. The number of sulfone groups is 1. The minimum absolute atomic E-state index is 0.000570. The van der Waals surface area contributed by atoms with Crippen molar-refractivity contribution < 1.29 is 21.6 Å². The van der Waals surface area contributed by atoms with Crippen LogP contribution in [0.25, 0.3) is 11.3 Å². The molecular formula is C20H17F3N2O2S2. The number of rotatable bonds is 4. The van der Waals surface area contributed by atoms with E-state index in [1.165, 1.54) is 41.7 Å². The first-order valence-electron chi connectivity index (χ1n) is 8.99. The molecule has 29 heavy (non-hydrogen) atoms. The third-order valence-corrected chi connectivity index (χ3v) is 8.09. The lowest BCUT2D eigenvalue weighted by atomic mass is 10.1. The van der Waals surface area contributed by atoms with Gasteiger partial charge in [-0.25, -0.2) is 26.6 Å². The lowest BCUT2D eigenvalue weighted by Crippen LogP contribution is -2.39. The maximum atomic E-state index is 13.4. The van der Waals surface area contributed by atoms with Crippen LogP contribution in [0.3, 0.4) is 0 Å². The van der Waals surface area contributed by atoms with Crippen molar-refractivity contribution in [1.82, 2.24) is 4.98 Å². The lowest BCUT2D eigenvalue weighted by molar-refractivity contribution is 0.528. The maximum absolute atomic E-state index is 13.4. The van der Waals surface area contributed by atoms with E-state index < -0.39 is 32.5 Å². The summed E-state index contributed by atoms with van der Waals surface area (Å²) in [7, 11) is -3.60. The van der Waals surface area contributed by atoms with Gasteiger partial charge < -0.3 is 4.90 Å². The summed E-state index contributed by atoms with van der Waals surface area (Å²) in [6.07, 6.45) is 0.782. The third kappa shape index (κ3) is 4.16. The fraction of sp³-hybridized carbons (Fsp3) is 0.250. The average molecular weight is 438 g/mol. The number of nitrogens with zero attached hydrogens (tertiary/aromatic N) is 2. The molecule has 0 N–H and O–H groups in total. The molecule has 0 saturated carbocycles. The van der Waals surface area contributed by atoms with Gasteiger partial charge in [-0.2, -0.15) is 0 Å². The predicted octanol–water partition coefficient (Wildman–Crippen LogP) is 4.67. The van der Waals surface area contributed by atoms with Crippen LogP contribution in [-0.4, -0.2) is 31.7 Å². The van der Waals surface area contributed by atoms with Crippen molar-refractivity contribution in [3.63, 3.8) is 0 Å². The Morgan fingerprint density at radius 1 is 0.966 bits per heavy atom. The Bertz CT molecular complexity index is 1120. The van der Waals surface area contributed by atoms with Crippen LogP contribution in [0, 0.1) is 17.5 Å². The highest BCUT2D eigenvalue weighted by Gasteiger charge is 2.32. The van der Waals surface area contributed by atoms with Crippen molar-refractivity contribution in [3.8, 4) is 11.3 Å². The largest absolute Gasteiger partial charge is 0.348 e. The molecule has 2 aromatic carbocycles. The smallest absolute Gasteiger partial charge is 0.185 e. The van der Waals surface area contributed by atoms with Gasteiger partial charge in [0.15, 0.2) is 15.0 Å². The van der Waals surface area contributed by atoms with Gasteiger partial charge in [-0.15, -0.1) is 11.3 Å². The molecule has 9 heteroatoms. The summed E-state index contributed by atoms with van der Waals surface area (Å²) in [5, 5.41) is 1.81. The highest BCUT2D eigenvalue weighted by molar-refractivity contribution is 7.92. The lowest BCUT2D eigenvalue weighted by Gasteiger charge is -2.31. The second-order valence-corrected chi connectivity index (χ2v) is 9.93. The molecular weight excluding hydrogens is 421 g/mol. The van der Waals surface area contributed by atoms with Gasteiger partial charge in [-0.1, -0.05) is 6.07 Å². The van der Waals surface area contributed by atoms with Gasteiger partial charge >= 0.3 is 0 Å². The molecule has 0 bridgehead atoms. The standard InChI is InChI=1S/C20H17F3N2O2S2/c21-14-2-1-3-18(11-14)29(26,27)17-4-6-25(7-5-17)20-24-19(12-28-20)13-8-15(22)10-16(23)9-13/h1-3,8-12,17H,4-7H2. The Hall–Kier alpha value is -2.39. The molecule has 152 valence electrons. The molecule has 1 saturated heterocycles. The van der Waals surface area contributed by atoms with E-state index in [1.54, 1.807) is 5.38 Å². The third-order valence-electron chi connectivity index (χ3n) is 4.93. The summed E-state index contributed by atoms with van der Waals surface area (Å²) in [5.74, 6) is -1.91. The molecule has 0 unspecified atom stereocenters. The molecule has 1 aliphatic rings. The molecule has 0 radical (unpaired) electrons. The molecule has 2 heterocycles. The molecule has 0 amide bonds. The molecule has 4 nitrogen and oxygen atoms in total. The van der Waals surface area contributed by atoms with E-state index in [2.05, 4.69) is 4.98 Å². The number of thiazole rings is 1. The average Bonchev–Trinajstić information content (AvgIpc) is 3.18. The van der Waals surface area contributed by atoms with Crippen LogP contribution in [0.1, 0.15) is 12.8 Å². The number of hydrogen-bond acceptors (Lipinski definition) is 5. The van der Waals surface area contributed by atoms with Gasteiger partial charge in [0.25, 0.3) is 0 Å². The van der Waals surface area contributed by atoms with Gasteiger partial charge in [0.05, 0.1) is 15.8 Å². The van der Waals surface area contributed by atoms with E-state index in [0.717, 1.165) is 12.1 Å². The summed E-state index contributed by atoms with van der Waals surface area (Å²) in [4.78, 5) is 6.42. The second kappa shape index (κ2) is 7.79. The topological polar surface area (TPSA) is 50.3 Å². The Morgan fingerprint density at radius 2 is 1.66 bits per heavy atom. The zero-order chi connectivity index (χ0) is 20.6. The van der Waals surface area contributed by atoms with E-state index in [1.807, 2.05) is 4.90 Å². The van der Waals surface area contributed by atoms with Crippen LogP contribution < -0.4 is 4.90 Å². The van der Waals surface area contributed by atoms with Crippen molar-refractivity contribution in [1.29, 1.82) is 0 Å². The van der Waals surface area contributed by atoms with Gasteiger partial charge in [-0.3, -0.25) is 0 Å². The number of aromatic nitrogens is 1. The molecule has 0 spiro atoms. The number of benzene rings is 2. The van der Waals surface area contributed by atoms with E-state index in [9.17, 15) is 21.6 Å². The fourth-order valence-electron chi connectivity index (χ4n) is 3.44. The molecule has 3 aromatic rings. The van der Waals surface area contributed by atoms with Gasteiger partial charge in [0.2, 0.25) is 0 Å². The first-order chi connectivity index (χ1) is 13.8. The molecule has 0 atom stereocenters. The monoisotopic (exact) mass is 438 g/mol. The molecule has 4 rings (SSSR count). The first-order valence-corrected chi connectivity index (χ1v) is 11.4. The predicted molar refractivity (Wildman–Crippen MR) is 106 cm³/mol. The van der Waals surface area contributed by atoms with E-state index in [4.69, 9.17) is 0 Å². The quantitative estimate of drug-likeness (QED) is 0.594. The van der Waals surface area contributed by atoms with Gasteiger partial charge in [0, 0.05) is 30.1 Å². The Balaban J connectivity index is 1.47. The fourth-order valence-corrected chi connectivity index (χ4v) is 6.09. The number of piperidine rings is 1. The van der Waals surface area contributed by atoms with Crippen LogP contribution in [0.5, 0.6) is 0 Å². The van der Waals surface area contributed by atoms with Crippen LogP contribution in [0.4, 0.5) is 18.3 Å². The van der Waals surface area contributed by atoms with Crippen LogP contribution in [0.2, 0.25) is 0 Å². The zero-order valence-electron chi connectivity index (χ0n) is 15.2. The minimum Gasteiger partial charge on any atom is -0.348 e. The Morgan fingerprint density at radius 3 is 2.31 bits per heavy atom. The molecule has 1 aromatic heterocycles. The van der Waals surface area contributed by atoms with E-state index in [-0.39, 0.29) is 4.90 Å². The maximum Gasteiger partial charge on any atom is 0.185 e. The number of halogens is 3. The van der Waals surface area contributed by atoms with E-state index >= 15 is 0 Å². The zero-order valence-corrected chi connectivity index (χ0v) is 16.8. The van der Waals surface area contributed by atoms with Crippen molar-refractivity contribution in [2.75, 3.05) is 18.0 Å². The molecule has 0 aliphatic carbocycles. The van der Waals surface area contributed by atoms with Crippen LogP contribution in [-0.2, 0) is 9.84 Å². The summed E-state index contributed by atoms with van der Waals surface area (Å²) in [6, 6.07) is 8.32. The molecule has 1 aliphatic heterocycles. The molecule has 1 fully saturated rings. The van der Waals surface area contributed by atoms with Crippen molar-refractivity contribution >= 4 is 26.3 Å². The Labute approximate surface area is 170 Å². The van der Waals surface area contributed by atoms with Crippen molar-refractivity contribution in [2.24, 2.45) is 0 Å². The normalized spacial score (nSPS) is 15.6. The SMILES string of the molecule is O=S(=O)(c1cccc(F)c1)C1CCN(c2nc(-c3cc(F)cc(F)c3)cs2)CC1. The summed E-state index contributed by atoms with van der Waals surface area (Å²) >= 11 is 1.34. The van der Waals surface area contributed by atoms with Crippen molar-refractivity contribution in [2.45, 2.75) is 23.0 Å². The van der Waals surface area contributed by atoms with Crippen molar-refractivity contribution in [3.05, 3.63) is 65.3 Å². The number of anilines is 1. The summed E-state index contributed by atoms with van der Waals surface area (Å²) in [5.41, 5.74) is 0.825. The van der Waals surface area contributed by atoms with Gasteiger partial charge in [-0.05, 0) is 43.2 Å². The van der Waals surface area contributed by atoms with E-state index in [0.29, 0.717) is 42.3 Å². The highest BCUT2D eigenvalue weighted by atomic mass is 32.2. The first kappa shape index (κ1) is 19.9. The number of hydrogen-bond donors (Lipinski definition) is 0. The Kier molecular flexibility index (Phi) is 5.35. The highest BCUT2D eigenvalue weighted by Crippen LogP contribution is 2.32. The van der Waals surface area contributed by atoms with Gasteiger partial charge in [0.1, 0.15) is 17.5 Å². The summed E-state index contributed by atoms with van der Waals surface area (Å²) < 4.78 is 65.8. The van der Waals surface area contributed by atoms with Crippen LogP contribution >= 0.6 is 11.3 Å².